The summed E-state index contributed by atoms with van der Waals surface area (Å²) in [6.07, 6.45) is 18.6. The van der Waals surface area contributed by atoms with Gasteiger partial charge in [-0.15, -0.1) is 31.9 Å². The van der Waals surface area contributed by atoms with Crippen LogP contribution in [0.2, 0.25) is 0 Å². The third kappa shape index (κ3) is 92.7. The average Bonchev–Trinajstić information content (AvgIpc) is 3.29. The minimum Gasteiger partial charge on any atom is -0.501 e. The van der Waals surface area contributed by atoms with E-state index in [4.69, 9.17) is 11.2 Å². The minimum absolute atomic E-state index is 0.236. The van der Waals surface area contributed by atoms with Gasteiger partial charge < -0.3 is 9.47 Å². The summed E-state index contributed by atoms with van der Waals surface area (Å²) < 4.78 is 9.25. The molecule has 0 aromatic rings. The lowest BCUT2D eigenvalue weighted by Gasteiger charge is -1.95. The standard InChI is InChI=1S/C6H10O.C6H10.C5H6O2.C5H8.C5H4.C4H10.C3H6.C3H4/c1-4-5-6(2)7-3;1-5(2)6(3)4;1-4-2-3-7-5(4)6;1-4-5(2)3;1-3-5-4-2;1-3-4-2;2*1-3-2/h4H,1-2,5H2,3H3;1,3H2,2,4H3;1-3H2;4H,1-2H2,3H3;1H,2H3;3-4H2,1-2H3;3H,1H2,2H3;1H,2H3. The molecule has 40 heavy (non-hydrogen) atoms. The van der Waals surface area contributed by atoms with E-state index < -0.39 is 0 Å². The molecule has 1 aliphatic rings. The molecule has 1 saturated heterocycles. The van der Waals surface area contributed by atoms with E-state index in [2.05, 4.69) is 101 Å². The summed E-state index contributed by atoms with van der Waals surface area (Å²) in [5, 5.41) is 0. The van der Waals surface area contributed by atoms with Crippen LogP contribution in [-0.4, -0.2) is 19.7 Å². The van der Waals surface area contributed by atoms with E-state index in [-0.39, 0.29) is 5.97 Å². The zero-order valence-corrected chi connectivity index (χ0v) is 27.3. The molecule has 3 heteroatoms. The van der Waals surface area contributed by atoms with Gasteiger partial charge in [0.25, 0.3) is 0 Å². The van der Waals surface area contributed by atoms with Crippen molar-refractivity contribution in [3.05, 3.63) is 98.9 Å². The van der Waals surface area contributed by atoms with Crippen LogP contribution in [0.25, 0.3) is 0 Å². The molecule has 0 aromatic carbocycles. The van der Waals surface area contributed by atoms with Crippen LogP contribution >= 0.6 is 0 Å². The van der Waals surface area contributed by atoms with Crippen LogP contribution in [0.1, 0.15) is 81.1 Å². The molecule has 0 amide bonds. The molecule has 3 nitrogen and oxygen atoms in total. The molecule has 1 fully saturated rings. The number of carbonyl (C=O) groups is 1. The number of unbranched alkanes of at least 4 members (excludes halogenated alkanes) is 1. The fourth-order valence-electron chi connectivity index (χ4n) is 0.788. The topological polar surface area (TPSA) is 35.5 Å². The zero-order chi connectivity index (χ0) is 33.4. The molecule has 0 saturated carbocycles. The number of ether oxygens (including phenoxy) is 2. The largest absolute Gasteiger partial charge is 0.501 e. The van der Waals surface area contributed by atoms with Gasteiger partial charge in [0.15, 0.2) is 0 Å². The Morgan fingerprint density at radius 1 is 1.00 bits per heavy atom. The molecule has 0 spiro atoms. The van der Waals surface area contributed by atoms with Gasteiger partial charge in [0.1, 0.15) is 0 Å². The van der Waals surface area contributed by atoms with Gasteiger partial charge in [-0.3, -0.25) is 0 Å². The highest BCUT2D eigenvalue weighted by molar-refractivity contribution is 5.89. The zero-order valence-electron chi connectivity index (χ0n) is 27.3. The number of hydrogen-bond acceptors (Lipinski definition) is 3. The predicted octanol–water partition coefficient (Wildman–Crippen LogP) is 10.4. The minimum atomic E-state index is -0.236. The van der Waals surface area contributed by atoms with E-state index in [9.17, 15) is 4.79 Å². The Balaban J connectivity index is -0.0000000634. The SMILES string of the molecule is C#CC.C#CC#CC.C=C(C)C(=C)C.C=C1CCOC1=O.C=CC.C=CC(=C)C.C=CCC(=C)OC.CCCC. The van der Waals surface area contributed by atoms with Gasteiger partial charge in [0.05, 0.1) is 19.5 Å². The van der Waals surface area contributed by atoms with Gasteiger partial charge in [-0.2, -0.15) is 0 Å². The van der Waals surface area contributed by atoms with Gasteiger partial charge >= 0.3 is 5.97 Å². The Bertz CT molecular complexity index is 828. The molecule has 0 unspecified atom stereocenters. The lowest BCUT2D eigenvalue weighted by atomic mass is 10.2. The van der Waals surface area contributed by atoms with E-state index >= 15 is 0 Å². The van der Waals surface area contributed by atoms with Crippen LogP contribution in [0.4, 0.5) is 0 Å². The van der Waals surface area contributed by atoms with E-state index in [1.807, 2.05) is 27.7 Å². The molecule has 1 rings (SSSR count). The van der Waals surface area contributed by atoms with Gasteiger partial charge in [-0.05, 0) is 53.4 Å². The fourth-order valence-corrected chi connectivity index (χ4v) is 0.788. The molecule has 1 heterocycles. The van der Waals surface area contributed by atoms with Crippen molar-refractivity contribution in [3.63, 3.8) is 0 Å². The van der Waals surface area contributed by atoms with Crippen LogP contribution in [-0.2, 0) is 14.3 Å². The second-order valence-corrected chi connectivity index (χ2v) is 7.55. The van der Waals surface area contributed by atoms with Crippen molar-refractivity contribution < 1.29 is 14.3 Å². The lowest BCUT2D eigenvalue weighted by Crippen LogP contribution is -1.91. The van der Waals surface area contributed by atoms with Gasteiger partial charge in [0.2, 0.25) is 0 Å². The molecule has 0 aromatic heterocycles. The van der Waals surface area contributed by atoms with E-state index in [0.717, 1.165) is 28.9 Å². The van der Waals surface area contributed by atoms with Crippen LogP contribution in [0.5, 0.6) is 0 Å². The predicted molar refractivity (Wildman–Crippen MR) is 184 cm³/mol. The first-order chi connectivity index (χ1) is 18.7. The first-order valence-corrected chi connectivity index (χ1v) is 12.8. The molecule has 0 bridgehead atoms. The van der Waals surface area contributed by atoms with Crippen molar-refractivity contribution in [2.45, 2.75) is 81.1 Å². The molecular weight excluding hydrogens is 492 g/mol. The van der Waals surface area contributed by atoms with Crippen molar-refractivity contribution in [3.8, 4) is 36.5 Å². The maximum atomic E-state index is 10.3. The summed E-state index contributed by atoms with van der Waals surface area (Å²) in [6, 6.07) is 0. The van der Waals surface area contributed by atoms with Crippen molar-refractivity contribution in [1.82, 2.24) is 0 Å². The van der Waals surface area contributed by atoms with E-state index in [0.29, 0.717) is 18.6 Å². The maximum Gasteiger partial charge on any atom is 0.333 e. The van der Waals surface area contributed by atoms with Crippen molar-refractivity contribution >= 4 is 5.97 Å². The number of esters is 1. The lowest BCUT2D eigenvalue weighted by molar-refractivity contribution is -0.135. The van der Waals surface area contributed by atoms with E-state index in [1.165, 1.54) is 12.8 Å². The molecule has 1 aliphatic heterocycles. The Hall–Kier alpha value is -4.13. The third-order valence-electron chi connectivity index (χ3n) is 3.36. The molecule has 0 radical (unpaired) electrons. The second kappa shape index (κ2) is 51.5. The number of terminal acetylenes is 2. The monoisotopic (exact) mass is 550 g/mol. The number of carbonyl (C=O) groups excluding carboxylic acids is 1. The molecule has 224 valence electrons. The first-order valence-electron chi connectivity index (χ1n) is 12.8. The smallest absolute Gasteiger partial charge is 0.333 e. The summed E-state index contributed by atoms with van der Waals surface area (Å²) in [6.45, 7) is 44.2. The van der Waals surface area contributed by atoms with Gasteiger partial charge in [-0.25, -0.2) is 4.79 Å². The first kappa shape index (κ1) is 52.3. The normalized spacial score (nSPS) is 8.47. The molecule has 0 aliphatic carbocycles. The van der Waals surface area contributed by atoms with Crippen molar-refractivity contribution in [2.75, 3.05) is 13.7 Å². The highest BCUT2D eigenvalue weighted by atomic mass is 16.5. The number of rotatable bonds is 6. The Kier molecular flexibility index (Phi) is 67.4. The summed E-state index contributed by atoms with van der Waals surface area (Å²) >= 11 is 0. The highest BCUT2D eigenvalue weighted by Crippen LogP contribution is 2.08. The molecular formula is C37H58O3. The van der Waals surface area contributed by atoms with E-state index in [1.54, 1.807) is 39.2 Å². The van der Waals surface area contributed by atoms with Crippen LogP contribution in [0, 0.1) is 36.5 Å². The summed E-state index contributed by atoms with van der Waals surface area (Å²) in [5.41, 5.74) is 3.75. The van der Waals surface area contributed by atoms with Crippen LogP contribution < -0.4 is 0 Å². The number of allylic oxidation sites excluding steroid dienone is 6. The Labute approximate surface area is 250 Å². The summed E-state index contributed by atoms with van der Waals surface area (Å²) in [7, 11) is 1.60. The summed E-state index contributed by atoms with van der Waals surface area (Å²) in [5.74, 6) is 9.85. The Morgan fingerprint density at radius 2 is 1.38 bits per heavy atom. The number of cyclic esters (lactones) is 1. The van der Waals surface area contributed by atoms with Crippen molar-refractivity contribution in [1.29, 1.82) is 0 Å². The Morgan fingerprint density at radius 3 is 1.43 bits per heavy atom. The summed E-state index contributed by atoms with van der Waals surface area (Å²) in [4.78, 5) is 10.3. The van der Waals surface area contributed by atoms with Gasteiger partial charge in [-0.1, -0.05) is 107 Å². The quantitative estimate of drug-likeness (QED) is 0.0824. The highest BCUT2D eigenvalue weighted by Gasteiger charge is 2.14. The molecule has 0 atom stereocenters. The maximum absolute atomic E-state index is 10.3. The number of hydrogen-bond donors (Lipinski definition) is 0. The molecule has 0 N–H and O–H groups in total. The number of methoxy groups -OCH3 is 1. The third-order valence-corrected chi connectivity index (χ3v) is 3.36. The van der Waals surface area contributed by atoms with Crippen LogP contribution in [0.15, 0.2) is 98.9 Å². The van der Waals surface area contributed by atoms with Crippen molar-refractivity contribution in [2.24, 2.45) is 0 Å². The average molecular weight is 551 g/mol. The second-order valence-electron chi connectivity index (χ2n) is 7.55. The fraction of sp³-hybridized carbons (Fsp3) is 0.378. The van der Waals surface area contributed by atoms with Crippen LogP contribution in [0.3, 0.4) is 0 Å². The van der Waals surface area contributed by atoms with Gasteiger partial charge in [0, 0.05) is 18.4 Å².